The van der Waals surface area contributed by atoms with Crippen molar-refractivity contribution in [2.24, 2.45) is 0 Å². The molecule has 1 saturated heterocycles. The molecule has 0 unspecified atom stereocenters. The van der Waals surface area contributed by atoms with Crippen LogP contribution in [0.1, 0.15) is 17.7 Å². The Morgan fingerprint density at radius 2 is 2.15 bits per heavy atom. The summed E-state index contributed by atoms with van der Waals surface area (Å²) < 4.78 is 9.98. The van der Waals surface area contributed by atoms with Crippen LogP contribution in [0.15, 0.2) is 30.9 Å². The Hall–Kier alpha value is -1.53. The molecule has 2 aromatic heterocycles. The van der Waals surface area contributed by atoms with Crippen LogP contribution in [-0.2, 0) is 6.42 Å². The molecule has 0 radical (unpaired) electrons. The molecule has 1 aliphatic rings. The van der Waals surface area contributed by atoms with E-state index in [1.165, 1.54) is 4.88 Å². The fraction of sp³-hybridized carbons (Fsp3) is 0.500. The van der Waals surface area contributed by atoms with Crippen molar-refractivity contribution in [2.75, 3.05) is 19.6 Å². The number of ether oxygens (including phenoxy) is 1. The van der Waals surface area contributed by atoms with Crippen molar-refractivity contribution in [3.63, 3.8) is 0 Å². The van der Waals surface area contributed by atoms with Gasteiger partial charge in [0, 0.05) is 43.1 Å². The van der Waals surface area contributed by atoms with Crippen LogP contribution < -0.4 is 4.74 Å². The highest BCUT2D eigenvalue weighted by molar-refractivity contribution is 7.05. The van der Waals surface area contributed by atoms with Gasteiger partial charge in [-0.2, -0.15) is 0 Å². The Bertz CT molecular complexity index is 497. The standard InChI is InChI=1S/C14H18N4OS/c1-5-17-20-13(1)4-10-18-8-2-12(3-9-18)19-14-11-15-6-7-16-14/h1,5-7,11-12H,2-4,8-10H2. The van der Waals surface area contributed by atoms with Gasteiger partial charge in [-0.1, -0.05) is 0 Å². The lowest BCUT2D eigenvalue weighted by molar-refractivity contribution is 0.0972. The van der Waals surface area contributed by atoms with Gasteiger partial charge in [-0.05, 0) is 36.9 Å². The molecule has 1 fully saturated rings. The van der Waals surface area contributed by atoms with Crippen molar-refractivity contribution in [3.8, 4) is 5.88 Å². The smallest absolute Gasteiger partial charge is 0.232 e. The van der Waals surface area contributed by atoms with Gasteiger partial charge in [0.2, 0.25) is 5.88 Å². The first-order valence-corrected chi connectivity index (χ1v) is 7.72. The number of nitrogens with zero attached hydrogens (tertiary/aromatic N) is 4. The van der Waals surface area contributed by atoms with Crippen molar-refractivity contribution in [2.45, 2.75) is 25.4 Å². The van der Waals surface area contributed by atoms with Crippen molar-refractivity contribution < 1.29 is 4.74 Å². The average Bonchev–Trinajstić information content (AvgIpc) is 3.01. The van der Waals surface area contributed by atoms with Crippen LogP contribution in [0.2, 0.25) is 0 Å². The summed E-state index contributed by atoms with van der Waals surface area (Å²) in [6.45, 7) is 3.29. The summed E-state index contributed by atoms with van der Waals surface area (Å²) in [4.78, 5) is 12.0. The monoisotopic (exact) mass is 290 g/mol. The van der Waals surface area contributed by atoms with Gasteiger partial charge in [-0.15, -0.1) is 0 Å². The molecule has 0 atom stereocenters. The van der Waals surface area contributed by atoms with Crippen molar-refractivity contribution in [3.05, 3.63) is 35.7 Å². The first-order chi connectivity index (χ1) is 9.90. The minimum absolute atomic E-state index is 0.270. The van der Waals surface area contributed by atoms with Gasteiger partial charge in [-0.25, -0.2) is 9.36 Å². The zero-order valence-electron chi connectivity index (χ0n) is 11.3. The molecule has 0 N–H and O–H groups in total. The predicted molar refractivity (Wildman–Crippen MR) is 77.9 cm³/mol. The second-order valence-electron chi connectivity index (χ2n) is 4.93. The Morgan fingerprint density at radius 3 is 2.85 bits per heavy atom. The minimum Gasteiger partial charge on any atom is -0.473 e. The number of hydrogen-bond donors (Lipinski definition) is 0. The SMILES string of the molecule is c1cnc(OC2CCN(CCc3ccns3)CC2)cn1. The van der Waals surface area contributed by atoms with E-state index in [1.807, 2.05) is 6.20 Å². The number of aromatic nitrogens is 3. The van der Waals surface area contributed by atoms with E-state index in [1.54, 1.807) is 30.1 Å². The van der Waals surface area contributed by atoms with Crippen LogP contribution in [0.4, 0.5) is 0 Å². The molecule has 20 heavy (non-hydrogen) atoms. The lowest BCUT2D eigenvalue weighted by Gasteiger charge is -2.31. The first-order valence-electron chi connectivity index (χ1n) is 6.95. The van der Waals surface area contributed by atoms with Crippen LogP contribution in [-0.4, -0.2) is 45.0 Å². The van der Waals surface area contributed by atoms with Gasteiger partial charge in [0.25, 0.3) is 0 Å². The van der Waals surface area contributed by atoms with Crippen molar-refractivity contribution >= 4 is 11.5 Å². The van der Waals surface area contributed by atoms with Crippen LogP contribution >= 0.6 is 11.5 Å². The van der Waals surface area contributed by atoms with Gasteiger partial charge in [0.05, 0.1) is 6.20 Å². The quantitative estimate of drug-likeness (QED) is 0.843. The molecule has 1 aliphatic heterocycles. The van der Waals surface area contributed by atoms with Crippen LogP contribution in [0.25, 0.3) is 0 Å². The van der Waals surface area contributed by atoms with Crippen molar-refractivity contribution in [1.29, 1.82) is 0 Å². The third-order valence-corrected chi connectivity index (χ3v) is 4.33. The largest absolute Gasteiger partial charge is 0.473 e. The number of piperidine rings is 1. The summed E-state index contributed by atoms with van der Waals surface area (Å²) in [5.74, 6) is 0.635. The summed E-state index contributed by atoms with van der Waals surface area (Å²) in [6, 6.07) is 2.11. The highest BCUT2D eigenvalue weighted by Gasteiger charge is 2.20. The zero-order chi connectivity index (χ0) is 13.6. The maximum absolute atomic E-state index is 5.85. The molecule has 2 aromatic rings. The fourth-order valence-corrected chi connectivity index (χ4v) is 2.97. The highest BCUT2D eigenvalue weighted by Crippen LogP contribution is 2.17. The van der Waals surface area contributed by atoms with E-state index in [9.17, 15) is 0 Å². The van der Waals surface area contributed by atoms with E-state index in [4.69, 9.17) is 4.74 Å². The van der Waals surface area contributed by atoms with E-state index in [2.05, 4.69) is 25.3 Å². The van der Waals surface area contributed by atoms with Crippen molar-refractivity contribution in [1.82, 2.24) is 19.2 Å². The predicted octanol–water partition coefficient (Wildman–Crippen LogP) is 2.02. The van der Waals surface area contributed by atoms with Gasteiger partial charge in [-0.3, -0.25) is 4.98 Å². The van der Waals surface area contributed by atoms with E-state index >= 15 is 0 Å². The summed E-state index contributed by atoms with van der Waals surface area (Å²) in [5, 5.41) is 0. The molecule has 0 aliphatic carbocycles. The molecule has 3 heterocycles. The van der Waals surface area contributed by atoms with Crippen LogP contribution in [0.3, 0.4) is 0 Å². The fourth-order valence-electron chi connectivity index (χ4n) is 2.41. The summed E-state index contributed by atoms with van der Waals surface area (Å²) in [6.07, 6.45) is 10.4. The number of rotatable bonds is 5. The maximum Gasteiger partial charge on any atom is 0.232 e. The second-order valence-corrected chi connectivity index (χ2v) is 5.85. The van der Waals surface area contributed by atoms with Crippen LogP contribution in [0.5, 0.6) is 5.88 Å². The molecule has 0 amide bonds. The zero-order valence-corrected chi connectivity index (χ0v) is 12.1. The van der Waals surface area contributed by atoms with E-state index in [-0.39, 0.29) is 6.10 Å². The molecule has 5 nitrogen and oxygen atoms in total. The Balaban J connectivity index is 1.40. The summed E-state index contributed by atoms with van der Waals surface area (Å²) in [5.41, 5.74) is 0. The Kier molecular flexibility index (Phi) is 4.55. The van der Waals surface area contributed by atoms with E-state index < -0.39 is 0 Å². The third-order valence-electron chi connectivity index (χ3n) is 3.53. The van der Waals surface area contributed by atoms with Gasteiger partial charge in [0.15, 0.2) is 0 Å². The summed E-state index contributed by atoms with van der Waals surface area (Å²) >= 11 is 1.60. The highest BCUT2D eigenvalue weighted by atomic mass is 32.1. The molecular formula is C14H18N4OS. The number of likely N-dealkylation sites (tertiary alicyclic amines) is 1. The molecule has 106 valence electrons. The topological polar surface area (TPSA) is 51.1 Å². The molecule has 6 heteroatoms. The van der Waals surface area contributed by atoms with Gasteiger partial charge >= 0.3 is 0 Å². The molecule has 0 saturated carbocycles. The molecule has 0 aromatic carbocycles. The van der Waals surface area contributed by atoms with Crippen LogP contribution in [0, 0.1) is 0 Å². The molecular weight excluding hydrogens is 272 g/mol. The average molecular weight is 290 g/mol. The lowest BCUT2D eigenvalue weighted by Crippen LogP contribution is -2.39. The summed E-state index contributed by atoms with van der Waals surface area (Å²) in [7, 11) is 0. The Labute approximate surface area is 122 Å². The number of hydrogen-bond acceptors (Lipinski definition) is 6. The minimum atomic E-state index is 0.270. The first kappa shape index (κ1) is 13.5. The lowest BCUT2D eigenvalue weighted by atomic mass is 10.1. The Morgan fingerprint density at radius 1 is 1.25 bits per heavy atom. The molecule has 0 bridgehead atoms. The van der Waals surface area contributed by atoms with Gasteiger partial charge < -0.3 is 9.64 Å². The van der Waals surface area contributed by atoms with Gasteiger partial charge in [0.1, 0.15) is 6.10 Å². The molecule has 3 rings (SSSR count). The maximum atomic E-state index is 5.85. The normalized spacial score (nSPS) is 17.2. The van der Waals surface area contributed by atoms with E-state index in [0.29, 0.717) is 5.88 Å². The second kappa shape index (κ2) is 6.76. The van der Waals surface area contributed by atoms with E-state index in [0.717, 1.165) is 38.9 Å². The molecule has 0 spiro atoms. The third kappa shape index (κ3) is 3.74.